The molecule has 2 aromatic heterocycles. The van der Waals surface area contributed by atoms with Gasteiger partial charge in [0.05, 0.1) is 18.4 Å². The van der Waals surface area contributed by atoms with Crippen LogP contribution in [0.3, 0.4) is 0 Å². The summed E-state index contributed by atoms with van der Waals surface area (Å²) in [5.41, 5.74) is 2.36. The van der Waals surface area contributed by atoms with E-state index in [0.717, 1.165) is 16.8 Å². The Morgan fingerprint density at radius 1 is 1.17 bits per heavy atom. The third-order valence-electron chi connectivity index (χ3n) is 3.56. The molecular weight excluding hydrogens is 309 g/mol. The summed E-state index contributed by atoms with van der Waals surface area (Å²) in [6, 6.07) is 11.5. The van der Waals surface area contributed by atoms with Crippen molar-refractivity contribution in [1.82, 2.24) is 15.5 Å². The maximum Gasteiger partial charge on any atom is 0.220 e. The van der Waals surface area contributed by atoms with Crippen molar-refractivity contribution in [3.8, 4) is 11.3 Å². The Balaban J connectivity index is 1.56. The van der Waals surface area contributed by atoms with Crippen LogP contribution >= 0.6 is 0 Å². The Morgan fingerprint density at radius 2 is 2.00 bits per heavy atom. The molecule has 0 aliphatic heterocycles. The molecule has 0 fully saturated rings. The van der Waals surface area contributed by atoms with Gasteiger partial charge in [0, 0.05) is 23.7 Å². The largest absolute Gasteiger partial charge is 0.356 e. The monoisotopic (exact) mass is 325 g/mol. The SMILES string of the molecule is O=C(CCc1cnoc1-c1ccc(F)cc1)NCc1ccccn1. The highest BCUT2D eigenvalue weighted by molar-refractivity contribution is 5.76. The maximum absolute atomic E-state index is 13.0. The molecule has 1 N–H and O–H groups in total. The van der Waals surface area contributed by atoms with E-state index in [4.69, 9.17) is 4.52 Å². The summed E-state index contributed by atoms with van der Waals surface area (Å²) in [5, 5.41) is 6.61. The predicted octanol–water partition coefficient (Wildman–Crippen LogP) is 3.12. The summed E-state index contributed by atoms with van der Waals surface area (Å²) in [4.78, 5) is 16.1. The van der Waals surface area contributed by atoms with Crippen LogP contribution in [0.4, 0.5) is 4.39 Å². The Kier molecular flexibility index (Phi) is 4.96. The van der Waals surface area contributed by atoms with Crippen LogP contribution in [0.15, 0.2) is 59.4 Å². The minimum Gasteiger partial charge on any atom is -0.356 e. The number of pyridine rings is 1. The Labute approximate surface area is 138 Å². The van der Waals surface area contributed by atoms with Crippen molar-refractivity contribution in [3.05, 3.63) is 71.9 Å². The minimum absolute atomic E-state index is 0.0769. The lowest BCUT2D eigenvalue weighted by atomic mass is 10.1. The van der Waals surface area contributed by atoms with E-state index < -0.39 is 0 Å². The molecule has 24 heavy (non-hydrogen) atoms. The highest BCUT2D eigenvalue weighted by Gasteiger charge is 2.12. The first-order valence-corrected chi connectivity index (χ1v) is 7.58. The summed E-state index contributed by atoms with van der Waals surface area (Å²) < 4.78 is 18.2. The van der Waals surface area contributed by atoms with E-state index in [0.29, 0.717) is 25.1 Å². The van der Waals surface area contributed by atoms with E-state index in [2.05, 4.69) is 15.5 Å². The number of halogens is 1. The molecule has 1 aromatic carbocycles. The molecule has 0 saturated heterocycles. The topological polar surface area (TPSA) is 68.0 Å². The number of benzene rings is 1. The third kappa shape index (κ3) is 4.04. The molecular formula is C18H16FN3O2. The quantitative estimate of drug-likeness (QED) is 0.756. The van der Waals surface area contributed by atoms with Crippen LogP contribution in [0.1, 0.15) is 17.7 Å². The Hall–Kier alpha value is -3.02. The number of nitrogens with one attached hydrogen (secondary N) is 1. The molecule has 3 rings (SSSR count). The van der Waals surface area contributed by atoms with Gasteiger partial charge >= 0.3 is 0 Å². The number of nitrogens with zero attached hydrogens (tertiary/aromatic N) is 2. The number of rotatable bonds is 6. The summed E-state index contributed by atoms with van der Waals surface area (Å²) in [6.45, 7) is 0.397. The van der Waals surface area contributed by atoms with Gasteiger partial charge in [-0.2, -0.15) is 0 Å². The second kappa shape index (κ2) is 7.50. The molecule has 0 unspecified atom stereocenters. The van der Waals surface area contributed by atoms with Gasteiger partial charge in [0.25, 0.3) is 0 Å². The average molecular weight is 325 g/mol. The number of hydrogen-bond donors (Lipinski definition) is 1. The number of aromatic nitrogens is 2. The summed E-state index contributed by atoms with van der Waals surface area (Å²) >= 11 is 0. The molecule has 1 amide bonds. The molecule has 0 radical (unpaired) electrons. The van der Waals surface area contributed by atoms with Crippen LogP contribution in [0.2, 0.25) is 0 Å². The van der Waals surface area contributed by atoms with E-state index in [9.17, 15) is 9.18 Å². The standard InChI is InChI=1S/C18H16FN3O2/c19-15-7-4-13(5-8-15)18-14(11-22-24-18)6-9-17(23)21-12-16-3-1-2-10-20-16/h1-5,7-8,10-11H,6,9,12H2,(H,21,23). The zero-order valence-electron chi connectivity index (χ0n) is 12.9. The van der Waals surface area contributed by atoms with Crippen molar-refractivity contribution in [1.29, 1.82) is 0 Å². The van der Waals surface area contributed by atoms with Crippen LogP contribution in [-0.2, 0) is 17.8 Å². The number of carbonyl (C=O) groups excluding carboxylic acids is 1. The molecule has 0 aliphatic rings. The minimum atomic E-state index is -0.311. The Bertz CT molecular complexity index is 801. The van der Waals surface area contributed by atoms with Gasteiger partial charge in [-0.05, 0) is 42.8 Å². The second-order valence-corrected chi connectivity index (χ2v) is 5.28. The molecule has 2 heterocycles. The van der Waals surface area contributed by atoms with E-state index in [1.165, 1.54) is 12.1 Å². The predicted molar refractivity (Wildman–Crippen MR) is 86.3 cm³/mol. The van der Waals surface area contributed by atoms with Crippen LogP contribution < -0.4 is 5.32 Å². The third-order valence-corrected chi connectivity index (χ3v) is 3.56. The highest BCUT2D eigenvalue weighted by Crippen LogP contribution is 2.24. The lowest BCUT2D eigenvalue weighted by Crippen LogP contribution is -2.23. The fraction of sp³-hybridized carbons (Fsp3) is 0.167. The molecule has 6 heteroatoms. The van der Waals surface area contributed by atoms with Gasteiger partial charge in [0.1, 0.15) is 5.82 Å². The average Bonchev–Trinajstić information content (AvgIpc) is 3.08. The first kappa shape index (κ1) is 15.9. The van der Waals surface area contributed by atoms with Gasteiger partial charge in [-0.15, -0.1) is 0 Å². The number of carbonyl (C=O) groups is 1. The first-order valence-electron chi connectivity index (χ1n) is 7.58. The number of hydrogen-bond acceptors (Lipinski definition) is 4. The van der Waals surface area contributed by atoms with Gasteiger partial charge < -0.3 is 9.84 Å². The normalized spacial score (nSPS) is 10.5. The molecule has 0 bridgehead atoms. The van der Waals surface area contributed by atoms with Gasteiger partial charge in [0.15, 0.2) is 5.76 Å². The van der Waals surface area contributed by atoms with E-state index in [-0.39, 0.29) is 11.7 Å². The molecule has 3 aromatic rings. The van der Waals surface area contributed by atoms with Crippen molar-refractivity contribution in [2.75, 3.05) is 0 Å². The maximum atomic E-state index is 13.0. The molecule has 0 spiro atoms. The Morgan fingerprint density at radius 3 is 2.75 bits per heavy atom. The van der Waals surface area contributed by atoms with Crippen molar-refractivity contribution >= 4 is 5.91 Å². The van der Waals surface area contributed by atoms with Gasteiger partial charge in [-0.25, -0.2) is 4.39 Å². The lowest BCUT2D eigenvalue weighted by Gasteiger charge is -2.05. The zero-order valence-corrected chi connectivity index (χ0v) is 12.9. The molecule has 0 saturated carbocycles. The molecule has 122 valence electrons. The van der Waals surface area contributed by atoms with Crippen LogP contribution in [0, 0.1) is 5.82 Å². The summed E-state index contributed by atoms with van der Waals surface area (Å²) in [6.07, 6.45) is 4.07. The second-order valence-electron chi connectivity index (χ2n) is 5.28. The summed E-state index contributed by atoms with van der Waals surface area (Å²) in [7, 11) is 0. The fourth-order valence-electron chi connectivity index (χ4n) is 2.31. The van der Waals surface area contributed by atoms with E-state index >= 15 is 0 Å². The van der Waals surface area contributed by atoms with Crippen molar-refractivity contribution < 1.29 is 13.7 Å². The van der Waals surface area contributed by atoms with Crippen molar-refractivity contribution in [3.63, 3.8) is 0 Å². The smallest absolute Gasteiger partial charge is 0.220 e. The summed E-state index contributed by atoms with van der Waals surface area (Å²) in [5.74, 6) is 0.174. The molecule has 5 nitrogen and oxygen atoms in total. The molecule has 0 aliphatic carbocycles. The van der Waals surface area contributed by atoms with Gasteiger partial charge in [-0.1, -0.05) is 11.2 Å². The van der Waals surface area contributed by atoms with E-state index in [1.54, 1.807) is 24.5 Å². The first-order chi connectivity index (χ1) is 11.7. The van der Waals surface area contributed by atoms with Gasteiger partial charge in [0.2, 0.25) is 5.91 Å². The fourth-order valence-corrected chi connectivity index (χ4v) is 2.31. The van der Waals surface area contributed by atoms with Gasteiger partial charge in [-0.3, -0.25) is 9.78 Å². The van der Waals surface area contributed by atoms with Crippen LogP contribution in [0.5, 0.6) is 0 Å². The van der Waals surface area contributed by atoms with E-state index in [1.807, 2.05) is 18.2 Å². The number of aryl methyl sites for hydroxylation is 1. The van der Waals surface area contributed by atoms with Crippen molar-refractivity contribution in [2.24, 2.45) is 0 Å². The van der Waals surface area contributed by atoms with Crippen LogP contribution in [-0.4, -0.2) is 16.0 Å². The number of amides is 1. The highest BCUT2D eigenvalue weighted by atomic mass is 19.1. The zero-order chi connectivity index (χ0) is 16.8. The molecule has 0 atom stereocenters. The van der Waals surface area contributed by atoms with Crippen LogP contribution in [0.25, 0.3) is 11.3 Å². The lowest BCUT2D eigenvalue weighted by molar-refractivity contribution is -0.121. The van der Waals surface area contributed by atoms with Crippen molar-refractivity contribution in [2.45, 2.75) is 19.4 Å².